The van der Waals surface area contributed by atoms with Crippen LogP contribution in [0.25, 0.3) is 81.0 Å². The number of anilines is 2. The summed E-state index contributed by atoms with van der Waals surface area (Å²) < 4.78 is 5.29. The fourth-order valence-electron chi connectivity index (χ4n) is 12.0. The Kier molecular flexibility index (Phi) is 7.97. The van der Waals surface area contributed by atoms with Crippen LogP contribution in [0.2, 0.25) is 0 Å². The van der Waals surface area contributed by atoms with Gasteiger partial charge in [0, 0.05) is 69.9 Å². The third-order valence-corrected chi connectivity index (χ3v) is 16.9. The highest BCUT2D eigenvalue weighted by molar-refractivity contribution is 7.25. The Bertz CT molecular complexity index is 3770. The van der Waals surface area contributed by atoms with Crippen molar-refractivity contribution in [2.75, 3.05) is 5.32 Å². The standard InChI is InChI=1S/C62H54BN2S/c1-59(2,3)34-19-22-36(23-20-34)64-52-31-49-42(41-27-35(60(4,5)6)21-26-48(41)62(49,9)10)28-44(52)39-24-25-40-45-29-46-38-16-12-14-18-55(38)66-56(46)33-53(45)65-54-32-50-43(30-51(54)63-57(39)58(40)65)37-15-11-13-17-47(37)61(50,7)8/h11-33,64H,1-10H3. The molecule has 2 aromatic heterocycles. The van der Waals surface area contributed by atoms with Gasteiger partial charge in [0.1, 0.15) is 0 Å². The topological polar surface area (TPSA) is 17.0 Å². The first kappa shape index (κ1) is 40.0. The van der Waals surface area contributed by atoms with Crippen molar-refractivity contribution in [2.24, 2.45) is 0 Å². The third kappa shape index (κ3) is 5.48. The summed E-state index contributed by atoms with van der Waals surface area (Å²) in [4.78, 5) is 0. The van der Waals surface area contributed by atoms with Crippen LogP contribution in [0.3, 0.4) is 0 Å². The van der Waals surface area contributed by atoms with E-state index in [0.717, 1.165) is 11.4 Å². The zero-order chi connectivity index (χ0) is 45.4. The van der Waals surface area contributed by atoms with Gasteiger partial charge in [0.2, 0.25) is 0 Å². The predicted molar refractivity (Wildman–Crippen MR) is 286 cm³/mol. The highest BCUT2D eigenvalue weighted by atomic mass is 32.1. The van der Waals surface area contributed by atoms with Crippen LogP contribution < -0.4 is 16.2 Å². The van der Waals surface area contributed by atoms with Gasteiger partial charge < -0.3 is 9.88 Å². The van der Waals surface area contributed by atoms with Gasteiger partial charge in [-0.05, 0) is 126 Å². The van der Waals surface area contributed by atoms with Gasteiger partial charge in [0.15, 0.2) is 7.28 Å². The first-order valence-corrected chi connectivity index (χ1v) is 24.6. The summed E-state index contributed by atoms with van der Waals surface area (Å²) in [6, 6.07) is 54.1. The van der Waals surface area contributed by atoms with E-state index in [1.807, 2.05) is 11.3 Å². The third-order valence-electron chi connectivity index (χ3n) is 15.7. The van der Waals surface area contributed by atoms with E-state index in [4.69, 9.17) is 0 Å². The van der Waals surface area contributed by atoms with Gasteiger partial charge in [-0.15, -0.1) is 11.3 Å². The molecule has 8 aromatic carbocycles. The summed E-state index contributed by atoms with van der Waals surface area (Å²) >= 11 is 1.90. The van der Waals surface area contributed by atoms with Crippen LogP contribution >= 0.6 is 11.3 Å². The molecule has 3 heterocycles. The van der Waals surface area contributed by atoms with E-state index in [2.05, 4.69) is 226 Å². The average Bonchev–Trinajstić information content (AvgIpc) is 3.95. The van der Waals surface area contributed by atoms with E-state index in [1.54, 1.807) is 0 Å². The summed E-state index contributed by atoms with van der Waals surface area (Å²) in [7, 11) is 2.52. The van der Waals surface area contributed by atoms with Crippen molar-refractivity contribution in [3.05, 3.63) is 173 Å². The SMILES string of the molecule is CC(C)(C)c1ccc(Nc2cc3c(cc2-c2ccc4c5cc6c(cc5n5c4c2[B]c2cc4c(cc2-5)C(C)(C)c2ccccc2-4)sc2ccccc26)-c2cc(C(C)(C)C)ccc2C3(C)C)cc1. The van der Waals surface area contributed by atoms with E-state index in [9.17, 15) is 0 Å². The molecule has 0 spiro atoms. The Hall–Kier alpha value is -6.36. The number of hydrogen-bond acceptors (Lipinski definition) is 2. The molecule has 1 aliphatic heterocycles. The predicted octanol–water partition coefficient (Wildman–Crippen LogP) is 15.7. The number of aromatic nitrogens is 1. The second kappa shape index (κ2) is 13.2. The second-order valence-electron chi connectivity index (χ2n) is 22.5. The lowest BCUT2D eigenvalue weighted by Gasteiger charge is -2.28. The number of thiophene rings is 1. The van der Waals surface area contributed by atoms with Gasteiger partial charge >= 0.3 is 0 Å². The lowest BCUT2D eigenvalue weighted by Crippen LogP contribution is -2.37. The van der Waals surface area contributed by atoms with Crippen LogP contribution in [0.15, 0.2) is 140 Å². The van der Waals surface area contributed by atoms with Crippen molar-refractivity contribution in [1.82, 2.24) is 4.57 Å². The molecule has 0 amide bonds. The monoisotopic (exact) mass is 869 g/mol. The van der Waals surface area contributed by atoms with Crippen LogP contribution in [-0.4, -0.2) is 11.8 Å². The maximum atomic E-state index is 4.03. The van der Waals surface area contributed by atoms with Gasteiger partial charge in [-0.25, -0.2) is 0 Å². The Balaban J connectivity index is 1.11. The maximum Gasteiger partial charge on any atom is 0.197 e. The van der Waals surface area contributed by atoms with Crippen molar-refractivity contribution in [2.45, 2.75) is 90.9 Å². The molecule has 0 saturated carbocycles. The summed E-state index contributed by atoms with van der Waals surface area (Å²) in [6.07, 6.45) is 0. The second-order valence-corrected chi connectivity index (χ2v) is 23.6. The van der Waals surface area contributed by atoms with E-state index in [0.29, 0.717) is 0 Å². The van der Waals surface area contributed by atoms with Gasteiger partial charge in [-0.2, -0.15) is 0 Å². The molecule has 0 unspecified atom stereocenters. The molecule has 2 aliphatic carbocycles. The molecule has 0 saturated heterocycles. The van der Waals surface area contributed by atoms with E-state index in [-0.39, 0.29) is 21.7 Å². The fraction of sp³-hybridized carbons (Fsp3) is 0.226. The molecule has 13 rings (SSSR count). The van der Waals surface area contributed by atoms with Gasteiger partial charge in [-0.3, -0.25) is 0 Å². The van der Waals surface area contributed by atoms with Crippen LogP contribution in [0.5, 0.6) is 0 Å². The highest BCUT2D eigenvalue weighted by Crippen LogP contribution is 2.54. The number of fused-ring (bicyclic) bond motifs is 14. The van der Waals surface area contributed by atoms with Gasteiger partial charge in [0.25, 0.3) is 0 Å². The minimum atomic E-state index is -0.163. The summed E-state index contributed by atoms with van der Waals surface area (Å²) in [5.74, 6) is 0. The number of nitrogens with one attached hydrogen (secondary N) is 1. The maximum absolute atomic E-state index is 4.03. The largest absolute Gasteiger partial charge is 0.355 e. The average molecular weight is 870 g/mol. The molecule has 2 nitrogen and oxygen atoms in total. The van der Waals surface area contributed by atoms with Crippen LogP contribution in [0.4, 0.5) is 11.4 Å². The number of benzene rings is 8. The van der Waals surface area contributed by atoms with Crippen molar-refractivity contribution >= 4 is 82.9 Å². The molecule has 66 heavy (non-hydrogen) atoms. The molecule has 1 radical (unpaired) electrons. The fourth-order valence-corrected chi connectivity index (χ4v) is 13.1. The number of hydrogen-bond donors (Lipinski definition) is 1. The minimum absolute atomic E-state index is 0.0349. The normalized spacial score (nSPS) is 15.2. The zero-order valence-electron chi connectivity index (χ0n) is 39.7. The zero-order valence-corrected chi connectivity index (χ0v) is 40.5. The summed E-state index contributed by atoms with van der Waals surface area (Å²) in [6.45, 7) is 23.4. The lowest BCUT2D eigenvalue weighted by atomic mass is 9.58. The lowest BCUT2D eigenvalue weighted by molar-refractivity contribution is 0.589. The Morgan fingerprint density at radius 1 is 0.485 bits per heavy atom. The number of nitrogens with zero attached hydrogens (tertiary/aromatic N) is 1. The minimum Gasteiger partial charge on any atom is -0.355 e. The molecular formula is C62H54BN2S. The Morgan fingerprint density at radius 3 is 1.92 bits per heavy atom. The Morgan fingerprint density at radius 2 is 1.15 bits per heavy atom. The first-order valence-electron chi connectivity index (χ1n) is 23.7. The molecule has 3 aliphatic rings. The van der Waals surface area contributed by atoms with E-state index in [1.165, 1.54) is 125 Å². The van der Waals surface area contributed by atoms with Crippen molar-refractivity contribution in [1.29, 1.82) is 0 Å². The molecular weight excluding hydrogens is 816 g/mol. The van der Waals surface area contributed by atoms with E-state index >= 15 is 0 Å². The van der Waals surface area contributed by atoms with Crippen molar-refractivity contribution in [3.63, 3.8) is 0 Å². The molecule has 0 atom stereocenters. The Labute approximate surface area is 393 Å². The smallest absolute Gasteiger partial charge is 0.197 e. The van der Waals surface area contributed by atoms with Crippen molar-refractivity contribution in [3.8, 4) is 39.1 Å². The van der Waals surface area contributed by atoms with Gasteiger partial charge in [-0.1, -0.05) is 166 Å². The molecule has 10 aromatic rings. The molecule has 1 N–H and O–H groups in total. The van der Waals surface area contributed by atoms with Crippen LogP contribution in [-0.2, 0) is 21.7 Å². The van der Waals surface area contributed by atoms with Crippen molar-refractivity contribution < 1.29 is 0 Å². The first-order chi connectivity index (χ1) is 31.5. The number of rotatable bonds is 3. The molecule has 0 bridgehead atoms. The van der Waals surface area contributed by atoms with Gasteiger partial charge in [0.05, 0.1) is 5.52 Å². The molecule has 0 fully saturated rings. The highest BCUT2D eigenvalue weighted by Gasteiger charge is 2.40. The molecule has 321 valence electrons. The van der Waals surface area contributed by atoms with Crippen LogP contribution in [0.1, 0.15) is 103 Å². The quantitative estimate of drug-likeness (QED) is 0.175. The van der Waals surface area contributed by atoms with E-state index < -0.39 is 0 Å². The summed E-state index contributed by atoms with van der Waals surface area (Å²) in [5, 5.41) is 9.29. The van der Waals surface area contributed by atoms with Crippen LogP contribution in [0, 0.1) is 0 Å². The summed E-state index contributed by atoms with van der Waals surface area (Å²) in [5.41, 5.74) is 24.5. The molecule has 4 heteroatoms.